The van der Waals surface area contributed by atoms with Crippen molar-refractivity contribution in [2.75, 3.05) is 0 Å². The normalized spacial score (nSPS) is 13.1. The molecule has 0 radical (unpaired) electrons. The van der Waals surface area contributed by atoms with Crippen molar-refractivity contribution >= 4 is 10.9 Å². The number of nitrogens with zero attached hydrogens (tertiary/aromatic N) is 2. The van der Waals surface area contributed by atoms with E-state index < -0.39 is 5.41 Å². The van der Waals surface area contributed by atoms with Gasteiger partial charge in [-0.25, -0.2) is 9.97 Å². The smallest absolute Gasteiger partial charge is 0.160 e. The molecule has 0 unspecified atom stereocenters. The molecule has 11 rings (SSSR count). The third-order valence-electron chi connectivity index (χ3n) is 11.2. The van der Waals surface area contributed by atoms with Crippen LogP contribution in [0.4, 0.5) is 0 Å². The SMILES string of the molecule is c1ccc(-c2nc(-c3ccc(-c4cccc(-c5cccc6c5Oc5ccccc5C65c6ccccc6-c6ccccc65)c4)cc3)nc3ccccc23)cc1. The van der Waals surface area contributed by atoms with Crippen molar-refractivity contribution in [1.29, 1.82) is 0 Å². The van der Waals surface area contributed by atoms with Crippen molar-refractivity contribution in [3.05, 3.63) is 216 Å². The van der Waals surface area contributed by atoms with Crippen molar-refractivity contribution in [3.8, 4) is 67.5 Å². The van der Waals surface area contributed by atoms with Crippen molar-refractivity contribution in [2.24, 2.45) is 0 Å². The van der Waals surface area contributed by atoms with Crippen molar-refractivity contribution < 1.29 is 4.74 Å². The number of para-hydroxylation sites is 3. The van der Waals surface area contributed by atoms with E-state index >= 15 is 0 Å². The summed E-state index contributed by atoms with van der Waals surface area (Å²) < 4.78 is 6.95. The molecule has 0 saturated carbocycles. The van der Waals surface area contributed by atoms with Crippen LogP contribution < -0.4 is 4.74 Å². The minimum Gasteiger partial charge on any atom is -0.456 e. The number of fused-ring (bicyclic) bond motifs is 10. The minimum atomic E-state index is -0.494. The fourth-order valence-electron chi connectivity index (χ4n) is 8.81. The first-order chi connectivity index (χ1) is 26.8. The Morgan fingerprint density at radius 1 is 0.370 bits per heavy atom. The van der Waals surface area contributed by atoms with E-state index in [0.717, 1.165) is 67.0 Å². The van der Waals surface area contributed by atoms with Gasteiger partial charge < -0.3 is 4.74 Å². The fraction of sp³-hybridized carbons (Fsp3) is 0.0196. The summed E-state index contributed by atoms with van der Waals surface area (Å²) in [5.41, 5.74) is 15.3. The Hall–Kier alpha value is -7.10. The molecule has 1 aliphatic heterocycles. The molecule has 9 aromatic rings. The Labute approximate surface area is 313 Å². The molecule has 3 nitrogen and oxygen atoms in total. The summed E-state index contributed by atoms with van der Waals surface area (Å²) in [6.07, 6.45) is 0. The van der Waals surface area contributed by atoms with Crippen LogP contribution in [0.2, 0.25) is 0 Å². The molecule has 2 heterocycles. The molecule has 0 saturated heterocycles. The molecule has 54 heavy (non-hydrogen) atoms. The molecule has 1 aliphatic carbocycles. The molecule has 0 amide bonds. The van der Waals surface area contributed by atoms with Gasteiger partial charge in [0.05, 0.1) is 16.6 Å². The third kappa shape index (κ3) is 4.49. The van der Waals surface area contributed by atoms with E-state index in [-0.39, 0.29) is 0 Å². The summed E-state index contributed by atoms with van der Waals surface area (Å²) in [6, 6.07) is 68.9. The maximum atomic E-state index is 6.95. The molecule has 0 atom stereocenters. The maximum absolute atomic E-state index is 6.95. The van der Waals surface area contributed by atoms with Gasteiger partial charge in [0, 0.05) is 33.2 Å². The lowest BCUT2D eigenvalue weighted by molar-refractivity contribution is 0.438. The predicted molar refractivity (Wildman–Crippen MR) is 219 cm³/mol. The van der Waals surface area contributed by atoms with Crippen LogP contribution in [0.25, 0.3) is 66.9 Å². The highest BCUT2D eigenvalue weighted by Gasteiger charge is 2.51. The average Bonchev–Trinajstić information content (AvgIpc) is 3.54. The summed E-state index contributed by atoms with van der Waals surface area (Å²) in [6.45, 7) is 0. The number of ether oxygens (including phenoxy) is 1. The molecule has 0 fully saturated rings. The average molecular weight is 689 g/mol. The van der Waals surface area contributed by atoms with E-state index in [1.807, 2.05) is 18.2 Å². The molecular formula is C51H32N2O. The lowest BCUT2D eigenvalue weighted by Gasteiger charge is -2.40. The number of rotatable bonds is 4. The van der Waals surface area contributed by atoms with Crippen LogP contribution in [0.15, 0.2) is 194 Å². The first-order valence-corrected chi connectivity index (χ1v) is 18.4. The number of benzene rings is 8. The topological polar surface area (TPSA) is 35.0 Å². The van der Waals surface area contributed by atoms with Gasteiger partial charge in [-0.15, -0.1) is 0 Å². The summed E-state index contributed by atoms with van der Waals surface area (Å²) in [4.78, 5) is 10.1. The number of hydrogen-bond acceptors (Lipinski definition) is 3. The zero-order valence-electron chi connectivity index (χ0n) is 29.3. The van der Waals surface area contributed by atoms with Crippen molar-refractivity contribution in [1.82, 2.24) is 9.97 Å². The molecule has 2 aliphatic rings. The Balaban J connectivity index is 1.02. The van der Waals surface area contributed by atoms with Crippen molar-refractivity contribution in [3.63, 3.8) is 0 Å². The summed E-state index contributed by atoms with van der Waals surface area (Å²) in [5.74, 6) is 2.50. The highest BCUT2D eigenvalue weighted by Crippen LogP contribution is 2.63. The second-order valence-corrected chi connectivity index (χ2v) is 14.1. The highest BCUT2D eigenvalue weighted by molar-refractivity contribution is 5.94. The Bertz CT molecular complexity index is 2870. The van der Waals surface area contributed by atoms with Gasteiger partial charge in [-0.1, -0.05) is 176 Å². The molecule has 252 valence electrons. The van der Waals surface area contributed by atoms with E-state index in [1.54, 1.807) is 0 Å². The van der Waals surface area contributed by atoms with E-state index in [0.29, 0.717) is 5.82 Å². The van der Waals surface area contributed by atoms with Crippen molar-refractivity contribution in [2.45, 2.75) is 5.41 Å². The van der Waals surface area contributed by atoms with Gasteiger partial charge in [0.2, 0.25) is 0 Å². The van der Waals surface area contributed by atoms with E-state index in [2.05, 4.69) is 176 Å². The molecule has 1 aromatic heterocycles. The Morgan fingerprint density at radius 2 is 0.944 bits per heavy atom. The van der Waals surface area contributed by atoms with Crippen LogP contribution in [0.3, 0.4) is 0 Å². The lowest BCUT2D eigenvalue weighted by Crippen LogP contribution is -2.32. The minimum absolute atomic E-state index is 0.494. The molecule has 1 spiro atoms. The first-order valence-electron chi connectivity index (χ1n) is 18.4. The predicted octanol–water partition coefficient (Wildman–Crippen LogP) is 12.8. The molecule has 0 N–H and O–H groups in total. The monoisotopic (exact) mass is 688 g/mol. The van der Waals surface area contributed by atoms with Crippen LogP contribution in [0.1, 0.15) is 22.3 Å². The maximum Gasteiger partial charge on any atom is 0.160 e. The molecule has 0 bridgehead atoms. The van der Waals surface area contributed by atoms with Crippen LogP contribution in [-0.2, 0) is 5.41 Å². The molecular weight excluding hydrogens is 657 g/mol. The van der Waals surface area contributed by atoms with Gasteiger partial charge in [0.1, 0.15) is 11.5 Å². The van der Waals surface area contributed by atoms with Gasteiger partial charge in [-0.2, -0.15) is 0 Å². The Kier molecular flexibility index (Phi) is 6.77. The van der Waals surface area contributed by atoms with Gasteiger partial charge in [0.25, 0.3) is 0 Å². The highest BCUT2D eigenvalue weighted by atomic mass is 16.5. The van der Waals surface area contributed by atoms with E-state index in [4.69, 9.17) is 14.7 Å². The van der Waals surface area contributed by atoms with Gasteiger partial charge in [-0.05, 0) is 57.1 Å². The van der Waals surface area contributed by atoms with E-state index in [9.17, 15) is 0 Å². The van der Waals surface area contributed by atoms with Gasteiger partial charge in [0.15, 0.2) is 5.82 Å². The zero-order chi connectivity index (χ0) is 35.6. The lowest BCUT2D eigenvalue weighted by atomic mass is 9.65. The number of hydrogen-bond donors (Lipinski definition) is 0. The van der Waals surface area contributed by atoms with Gasteiger partial charge >= 0.3 is 0 Å². The second-order valence-electron chi connectivity index (χ2n) is 14.1. The molecule has 8 aromatic carbocycles. The summed E-state index contributed by atoms with van der Waals surface area (Å²) in [7, 11) is 0. The molecule has 3 heteroatoms. The second kappa shape index (κ2) is 12.0. The van der Waals surface area contributed by atoms with Crippen LogP contribution in [0.5, 0.6) is 11.5 Å². The van der Waals surface area contributed by atoms with Crippen LogP contribution in [0, 0.1) is 0 Å². The Morgan fingerprint density at radius 3 is 1.74 bits per heavy atom. The van der Waals surface area contributed by atoms with E-state index in [1.165, 1.54) is 27.8 Å². The number of aromatic nitrogens is 2. The summed E-state index contributed by atoms with van der Waals surface area (Å²) in [5, 5.41) is 1.05. The van der Waals surface area contributed by atoms with Gasteiger partial charge in [-0.3, -0.25) is 0 Å². The zero-order valence-corrected chi connectivity index (χ0v) is 29.3. The fourth-order valence-corrected chi connectivity index (χ4v) is 8.81. The van der Waals surface area contributed by atoms with Crippen LogP contribution >= 0.6 is 0 Å². The standard InChI is InChI=1S/C51H32N2O/c1-2-14-34(15-3-1)48-41-20-6-10-26-46(41)52-50(53-48)35-30-28-33(29-31-35)36-16-12-17-37(32-36)38-21-13-25-45-49(38)54-47-27-11-9-24-44(47)51(45)42-22-7-4-18-39(42)40-19-5-8-23-43(40)51/h1-32H. The first kappa shape index (κ1) is 30.5. The van der Waals surface area contributed by atoms with Crippen LogP contribution in [-0.4, -0.2) is 9.97 Å². The summed E-state index contributed by atoms with van der Waals surface area (Å²) >= 11 is 0. The third-order valence-corrected chi connectivity index (χ3v) is 11.2. The quantitative estimate of drug-likeness (QED) is 0.185. The largest absolute Gasteiger partial charge is 0.456 e.